The van der Waals surface area contributed by atoms with Gasteiger partial charge in [0.1, 0.15) is 42.4 Å². The minimum Gasteiger partial charge on any atom is -0.488 e. The number of thiophene rings is 1. The largest absolute Gasteiger partial charge is 0.488 e. The van der Waals surface area contributed by atoms with E-state index >= 15 is 0 Å². The van der Waals surface area contributed by atoms with Crippen LogP contribution in [0.3, 0.4) is 0 Å². The molecular weight excluding hydrogens is 432 g/mol. The van der Waals surface area contributed by atoms with Crippen molar-refractivity contribution in [3.05, 3.63) is 50.7 Å². The van der Waals surface area contributed by atoms with Crippen LogP contribution in [0.2, 0.25) is 4.34 Å². The highest BCUT2D eigenvalue weighted by atomic mass is 35.5. The maximum Gasteiger partial charge on any atom is 0.124 e. The standard InChI is InChI=1S/C21H25ClO7S/c22-21-12(7-11-1-3-13(4-2-11)28-14-5-6-27-10-14)8-16(30-21)20-19(26)18(25)17(24)15(9-23)29-20/h1-4,8,14-15,17-20,23-26H,5-7,9-10H2/t14-,15+,17+,18-,19+,20-/m0/s1. The molecule has 2 saturated heterocycles. The van der Waals surface area contributed by atoms with Crippen molar-refractivity contribution in [3.8, 4) is 5.75 Å². The summed E-state index contributed by atoms with van der Waals surface area (Å²) in [5.74, 6) is 0.799. The first-order valence-corrected chi connectivity index (χ1v) is 11.1. The summed E-state index contributed by atoms with van der Waals surface area (Å²) in [5, 5.41) is 39.7. The highest BCUT2D eigenvalue weighted by Gasteiger charge is 2.44. The third-order valence-electron chi connectivity index (χ3n) is 5.46. The topological polar surface area (TPSA) is 109 Å². The van der Waals surface area contributed by atoms with Crippen molar-refractivity contribution in [3.63, 3.8) is 0 Å². The molecule has 2 aliphatic rings. The van der Waals surface area contributed by atoms with Gasteiger partial charge < -0.3 is 34.6 Å². The van der Waals surface area contributed by atoms with Gasteiger partial charge in [0.25, 0.3) is 0 Å². The van der Waals surface area contributed by atoms with Gasteiger partial charge in [0, 0.05) is 11.3 Å². The van der Waals surface area contributed by atoms with Gasteiger partial charge in [-0.05, 0) is 35.7 Å². The number of hydrogen-bond acceptors (Lipinski definition) is 8. The van der Waals surface area contributed by atoms with E-state index in [1.165, 1.54) is 11.3 Å². The molecule has 2 aromatic rings. The van der Waals surface area contributed by atoms with Crippen LogP contribution in [0.1, 0.15) is 28.5 Å². The molecule has 0 radical (unpaired) electrons. The average molecular weight is 457 g/mol. The summed E-state index contributed by atoms with van der Waals surface area (Å²) in [4.78, 5) is 0.632. The molecule has 7 nitrogen and oxygen atoms in total. The molecule has 0 aliphatic carbocycles. The van der Waals surface area contributed by atoms with Gasteiger partial charge in [0.15, 0.2) is 0 Å². The van der Waals surface area contributed by atoms with E-state index < -0.39 is 37.1 Å². The molecule has 6 atom stereocenters. The van der Waals surface area contributed by atoms with Crippen molar-refractivity contribution in [2.45, 2.75) is 49.5 Å². The zero-order valence-corrected chi connectivity index (χ0v) is 17.8. The maximum atomic E-state index is 10.3. The number of rotatable bonds is 6. The van der Waals surface area contributed by atoms with Crippen LogP contribution in [0.25, 0.3) is 0 Å². The van der Waals surface area contributed by atoms with Crippen molar-refractivity contribution in [2.24, 2.45) is 0 Å². The van der Waals surface area contributed by atoms with E-state index in [0.29, 0.717) is 22.2 Å². The van der Waals surface area contributed by atoms with Crippen LogP contribution in [0.15, 0.2) is 30.3 Å². The van der Waals surface area contributed by atoms with Crippen LogP contribution in [-0.2, 0) is 15.9 Å². The average Bonchev–Trinajstić information content (AvgIpc) is 3.38. The second-order valence-corrected chi connectivity index (χ2v) is 9.31. The maximum absolute atomic E-state index is 10.3. The minimum atomic E-state index is -1.41. The Labute approximate surface area is 183 Å². The quantitative estimate of drug-likeness (QED) is 0.523. The Morgan fingerprint density at radius 2 is 1.87 bits per heavy atom. The predicted molar refractivity (Wildman–Crippen MR) is 111 cm³/mol. The molecule has 0 unspecified atom stereocenters. The number of aliphatic hydroxyl groups is 4. The van der Waals surface area contributed by atoms with Crippen molar-refractivity contribution < 1.29 is 34.6 Å². The predicted octanol–water partition coefficient (Wildman–Crippen LogP) is 1.67. The first-order chi connectivity index (χ1) is 14.5. The van der Waals surface area contributed by atoms with E-state index in [9.17, 15) is 20.4 Å². The highest BCUT2D eigenvalue weighted by molar-refractivity contribution is 7.16. The number of aliphatic hydroxyl groups excluding tert-OH is 4. The Morgan fingerprint density at radius 3 is 2.53 bits per heavy atom. The fourth-order valence-electron chi connectivity index (χ4n) is 3.73. The first-order valence-electron chi connectivity index (χ1n) is 9.88. The van der Waals surface area contributed by atoms with Crippen LogP contribution >= 0.6 is 22.9 Å². The Kier molecular flexibility index (Phi) is 6.96. The molecule has 0 bridgehead atoms. The summed E-state index contributed by atoms with van der Waals surface area (Å²) in [6.07, 6.45) is -4.36. The van der Waals surface area contributed by atoms with Crippen LogP contribution in [0.4, 0.5) is 0 Å². The van der Waals surface area contributed by atoms with Gasteiger partial charge in [-0.2, -0.15) is 0 Å². The first kappa shape index (κ1) is 22.0. The third kappa shape index (κ3) is 4.66. The number of ether oxygens (including phenoxy) is 3. The van der Waals surface area contributed by atoms with Crippen molar-refractivity contribution in [1.82, 2.24) is 0 Å². The van der Waals surface area contributed by atoms with Gasteiger partial charge in [-0.25, -0.2) is 0 Å². The van der Waals surface area contributed by atoms with Gasteiger partial charge >= 0.3 is 0 Å². The second-order valence-electron chi connectivity index (χ2n) is 7.62. The Balaban J connectivity index is 1.45. The lowest BCUT2D eigenvalue weighted by Gasteiger charge is -2.39. The zero-order valence-electron chi connectivity index (χ0n) is 16.2. The Morgan fingerprint density at radius 1 is 1.10 bits per heavy atom. The molecule has 4 N–H and O–H groups in total. The number of hydrogen-bond donors (Lipinski definition) is 4. The molecule has 3 heterocycles. The zero-order chi connectivity index (χ0) is 21.3. The molecule has 1 aromatic heterocycles. The van der Waals surface area contributed by atoms with E-state index in [-0.39, 0.29) is 6.10 Å². The van der Waals surface area contributed by atoms with E-state index in [4.69, 9.17) is 25.8 Å². The van der Waals surface area contributed by atoms with Gasteiger partial charge in [0.2, 0.25) is 0 Å². The molecule has 2 aliphatic heterocycles. The van der Waals surface area contributed by atoms with E-state index in [1.54, 1.807) is 0 Å². The van der Waals surface area contributed by atoms with Crippen molar-refractivity contribution >= 4 is 22.9 Å². The van der Waals surface area contributed by atoms with Gasteiger partial charge in [-0.15, -0.1) is 11.3 Å². The fraction of sp³-hybridized carbons (Fsp3) is 0.524. The van der Waals surface area contributed by atoms with Crippen molar-refractivity contribution in [1.29, 1.82) is 0 Å². The number of halogens is 1. The van der Waals surface area contributed by atoms with Crippen LogP contribution in [0.5, 0.6) is 5.75 Å². The van der Waals surface area contributed by atoms with Crippen molar-refractivity contribution in [2.75, 3.05) is 19.8 Å². The fourth-order valence-corrected chi connectivity index (χ4v) is 5.10. The summed E-state index contributed by atoms with van der Waals surface area (Å²) < 4.78 is 17.4. The van der Waals surface area contributed by atoms with Crippen LogP contribution < -0.4 is 4.74 Å². The summed E-state index contributed by atoms with van der Waals surface area (Å²) in [7, 11) is 0. The molecule has 4 rings (SSSR count). The van der Waals surface area contributed by atoms with E-state index in [1.807, 2.05) is 30.3 Å². The lowest BCUT2D eigenvalue weighted by Crippen LogP contribution is -2.55. The Hall–Kier alpha value is -1.23. The molecule has 164 valence electrons. The van der Waals surface area contributed by atoms with E-state index in [2.05, 4.69) is 0 Å². The highest BCUT2D eigenvalue weighted by Crippen LogP contribution is 2.40. The Bertz CT molecular complexity index is 834. The van der Waals surface area contributed by atoms with Crippen LogP contribution in [0, 0.1) is 0 Å². The monoisotopic (exact) mass is 456 g/mol. The van der Waals surface area contributed by atoms with Gasteiger partial charge in [-0.3, -0.25) is 0 Å². The summed E-state index contributed by atoms with van der Waals surface area (Å²) in [6.45, 7) is 0.887. The number of benzene rings is 1. The van der Waals surface area contributed by atoms with E-state index in [0.717, 1.165) is 29.9 Å². The van der Waals surface area contributed by atoms with Crippen LogP contribution in [-0.4, -0.2) is 70.8 Å². The second kappa shape index (κ2) is 9.50. The molecule has 0 saturated carbocycles. The normalized spacial score (nSPS) is 31.8. The molecule has 0 amide bonds. The van der Waals surface area contributed by atoms with Gasteiger partial charge in [-0.1, -0.05) is 23.7 Å². The summed E-state index contributed by atoms with van der Waals surface area (Å²) >= 11 is 7.67. The SMILES string of the molecule is OC[C@H]1O[C@@H](c2cc(Cc3ccc(O[C@H]4CCOC4)cc3)c(Cl)s2)[C@H](O)[C@@H](O)[C@@H]1O. The smallest absolute Gasteiger partial charge is 0.124 e. The molecule has 0 spiro atoms. The summed E-state index contributed by atoms with van der Waals surface area (Å²) in [5.41, 5.74) is 1.91. The molecule has 9 heteroatoms. The molecule has 1 aromatic carbocycles. The molecular formula is C21H25ClO7S. The summed E-state index contributed by atoms with van der Waals surface area (Å²) in [6, 6.07) is 9.64. The minimum absolute atomic E-state index is 0.100. The lowest BCUT2D eigenvalue weighted by atomic mass is 9.94. The lowest BCUT2D eigenvalue weighted by molar-refractivity contribution is -0.230. The molecule has 2 fully saturated rings. The third-order valence-corrected chi connectivity index (χ3v) is 6.96. The molecule has 30 heavy (non-hydrogen) atoms. The van der Waals surface area contributed by atoms with Gasteiger partial charge in [0.05, 0.1) is 24.2 Å².